The van der Waals surface area contributed by atoms with Crippen molar-refractivity contribution in [2.24, 2.45) is 0 Å². The van der Waals surface area contributed by atoms with Gasteiger partial charge in [0.1, 0.15) is 0 Å². The lowest BCUT2D eigenvalue weighted by molar-refractivity contribution is 1.08. The van der Waals surface area contributed by atoms with Crippen molar-refractivity contribution in [3.63, 3.8) is 0 Å². The highest BCUT2D eigenvalue weighted by Crippen LogP contribution is 2.45. The van der Waals surface area contributed by atoms with E-state index in [2.05, 4.69) is 203 Å². The number of benzene rings is 10. The van der Waals surface area contributed by atoms with Crippen LogP contribution in [0.15, 0.2) is 212 Å². The molecule has 13 aromatic rings. The maximum absolute atomic E-state index is 5.26. The second-order valence-electron chi connectivity index (χ2n) is 16.0. The Bertz CT molecular complexity index is 3920. The molecule has 0 saturated carbocycles. The Balaban J connectivity index is 1.12. The monoisotopic (exact) mass is 789 g/mol. The molecule has 5 heteroatoms. The maximum atomic E-state index is 5.26. The van der Waals surface area contributed by atoms with Gasteiger partial charge in [0.2, 0.25) is 0 Å². The fraction of sp³-hybridized carbons (Fsp3) is 0. The third-order valence-electron chi connectivity index (χ3n) is 12.5. The summed E-state index contributed by atoms with van der Waals surface area (Å²) in [5.74, 6) is 1.91. The average molecular weight is 790 g/mol. The third-order valence-corrected chi connectivity index (χ3v) is 12.5. The first-order valence-corrected chi connectivity index (χ1v) is 21.0. The van der Waals surface area contributed by atoms with E-state index >= 15 is 0 Å². The number of fused-ring (bicyclic) bond motifs is 11. The van der Waals surface area contributed by atoms with Crippen LogP contribution in [0.5, 0.6) is 0 Å². The van der Waals surface area contributed by atoms with Crippen molar-refractivity contribution in [1.29, 1.82) is 0 Å². The molecule has 0 unspecified atom stereocenters. The summed E-state index contributed by atoms with van der Waals surface area (Å²) in [5, 5.41) is 11.8. The summed E-state index contributed by atoms with van der Waals surface area (Å²) >= 11 is 0. The largest absolute Gasteiger partial charge is 0.309 e. The van der Waals surface area contributed by atoms with E-state index in [0.717, 1.165) is 49.7 Å². The number of rotatable bonds is 5. The molecule has 0 saturated heterocycles. The highest BCUT2D eigenvalue weighted by atomic mass is 15.0. The van der Waals surface area contributed by atoms with Crippen LogP contribution in [-0.2, 0) is 0 Å². The molecule has 288 valence electrons. The Morgan fingerprint density at radius 1 is 0.306 bits per heavy atom. The zero-order valence-corrected chi connectivity index (χ0v) is 33.4. The van der Waals surface area contributed by atoms with Gasteiger partial charge in [-0.05, 0) is 75.5 Å². The van der Waals surface area contributed by atoms with Crippen LogP contribution >= 0.6 is 0 Å². The number of aromatic nitrogens is 5. The van der Waals surface area contributed by atoms with Crippen LogP contribution in [0, 0.1) is 0 Å². The molecule has 13 rings (SSSR count). The van der Waals surface area contributed by atoms with E-state index in [1.54, 1.807) is 0 Å². The molecule has 0 aliphatic carbocycles. The summed E-state index contributed by atoms with van der Waals surface area (Å²) in [7, 11) is 0. The topological polar surface area (TPSA) is 48.5 Å². The highest BCUT2D eigenvalue weighted by molar-refractivity contribution is 6.30. The standard InChI is InChI=1S/C57H35N5/c1-3-17-38(18-4-1)55-58-56(40-28-27-36-15-7-8-19-39(36)35-40)60-57(59-55)45-30-33-49(44-24-12-11-23-43(44)45)62-50-32-29-37-16-9-10-22-42(37)52(50)47-31-34-51-53(54(47)62)46-25-13-14-26-48(46)61(51)41-20-5-2-6-21-41/h1-35H. The Morgan fingerprint density at radius 2 is 0.903 bits per heavy atom. The summed E-state index contributed by atoms with van der Waals surface area (Å²) in [6.07, 6.45) is 0. The van der Waals surface area contributed by atoms with Crippen molar-refractivity contribution in [2.45, 2.75) is 0 Å². The summed E-state index contributed by atoms with van der Waals surface area (Å²) in [4.78, 5) is 15.6. The van der Waals surface area contributed by atoms with Gasteiger partial charge in [-0.3, -0.25) is 0 Å². The summed E-state index contributed by atoms with van der Waals surface area (Å²) in [6.45, 7) is 0. The Labute approximate surface area is 356 Å². The first-order valence-electron chi connectivity index (χ1n) is 21.0. The van der Waals surface area contributed by atoms with E-state index < -0.39 is 0 Å². The first kappa shape index (κ1) is 34.5. The van der Waals surface area contributed by atoms with Crippen LogP contribution in [-0.4, -0.2) is 24.1 Å². The lowest BCUT2D eigenvalue weighted by Crippen LogP contribution is -2.02. The second-order valence-corrected chi connectivity index (χ2v) is 16.0. The maximum Gasteiger partial charge on any atom is 0.164 e. The van der Waals surface area contributed by atoms with Gasteiger partial charge in [0.15, 0.2) is 17.5 Å². The molecule has 0 bridgehead atoms. The molecule has 62 heavy (non-hydrogen) atoms. The van der Waals surface area contributed by atoms with E-state index in [-0.39, 0.29) is 0 Å². The minimum Gasteiger partial charge on any atom is -0.309 e. The van der Waals surface area contributed by atoms with Crippen molar-refractivity contribution in [1.82, 2.24) is 24.1 Å². The fourth-order valence-corrected chi connectivity index (χ4v) is 9.77. The fourth-order valence-electron chi connectivity index (χ4n) is 9.77. The molecular weight excluding hydrogens is 755 g/mol. The normalized spacial score (nSPS) is 11.9. The van der Waals surface area contributed by atoms with Gasteiger partial charge in [-0.15, -0.1) is 0 Å². The van der Waals surface area contributed by atoms with Gasteiger partial charge < -0.3 is 9.13 Å². The van der Waals surface area contributed by atoms with Crippen molar-refractivity contribution < 1.29 is 0 Å². The van der Waals surface area contributed by atoms with Gasteiger partial charge in [0, 0.05) is 49.3 Å². The zero-order chi connectivity index (χ0) is 40.7. The zero-order valence-electron chi connectivity index (χ0n) is 33.4. The minimum atomic E-state index is 0.631. The number of nitrogens with zero attached hydrogens (tertiary/aromatic N) is 5. The highest BCUT2D eigenvalue weighted by Gasteiger charge is 2.24. The van der Waals surface area contributed by atoms with Crippen LogP contribution in [0.4, 0.5) is 0 Å². The van der Waals surface area contributed by atoms with Crippen molar-refractivity contribution in [3.8, 4) is 45.5 Å². The summed E-state index contributed by atoms with van der Waals surface area (Å²) in [5.41, 5.74) is 9.74. The average Bonchev–Trinajstić information content (AvgIpc) is 3.87. The smallest absolute Gasteiger partial charge is 0.164 e. The van der Waals surface area contributed by atoms with Gasteiger partial charge in [-0.25, -0.2) is 15.0 Å². The van der Waals surface area contributed by atoms with Gasteiger partial charge in [-0.2, -0.15) is 0 Å². The van der Waals surface area contributed by atoms with E-state index in [4.69, 9.17) is 15.0 Å². The number of hydrogen-bond acceptors (Lipinski definition) is 3. The predicted octanol–water partition coefficient (Wildman–Crippen LogP) is 14.5. The second kappa shape index (κ2) is 13.6. The molecule has 10 aromatic carbocycles. The lowest BCUT2D eigenvalue weighted by Gasteiger charge is -2.16. The summed E-state index contributed by atoms with van der Waals surface area (Å²) in [6, 6.07) is 75.7. The first-order chi connectivity index (χ1) is 30.8. The molecule has 0 aliphatic rings. The molecule has 0 spiro atoms. The molecule has 0 fully saturated rings. The van der Waals surface area contributed by atoms with Gasteiger partial charge in [-0.1, -0.05) is 164 Å². The quantitative estimate of drug-likeness (QED) is 0.174. The molecule has 0 atom stereocenters. The molecule has 3 heterocycles. The SMILES string of the molecule is c1ccc(-c2nc(-c3ccc4ccccc4c3)nc(-c3ccc(-n4c5ccc6ccccc6c5c5ccc6c(c7ccccc7n6-c6ccccc6)c54)c4ccccc34)n2)cc1. The molecule has 0 N–H and O–H groups in total. The lowest BCUT2D eigenvalue weighted by atomic mass is 10.0. The molecular formula is C57H35N5. The molecule has 0 radical (unpaired) electrons. The van der Waals surface area contributed by atoms with E-state index in [1.807, 2.05) is 18.2 Å². The molecule has 0 amide bonds. The summed E-state index contributed by atoms with van der Waals surface area (Å²) < 4.78 is 4.92. The Kier molecular flexibility index (Phi) is 7.54. The van der Waals surface area contributed by atoms with Crippen LogP contribution in [0.2, 0.25) is 0 Å². The Hall–Kier alpha value is -8.41. The molecule has 0 aliphatic heterocycles. The van der Waals surface area contributed by atoms with Crippen molar-refractivity contribution >= 4 is 75.9 Å². The predicted molar refractivity (Wildman–Crippen MR) is 257 cm³/mol. The van der Waals surface area contributed by atoms with Crippen LogP contribution < -0.4 is 0 Å². The molecule has 5 nitrogen and oxygen atoms in total. The van der Waals surface area contributed by atoms with Gasteiger partial charge >= 0.3 is 0 Å². The number of para-hydroxylation sites is 2. The third kappa shape index (κ3) is 5.18. The van der Waals surface area contributed by atoms with Gasteiger partial charge in [0.25, 0.3) is 0 Å². The van der Waals surface area contributed by atoms with E-state index in [1.165, 1.54) is 54.3 Å². The van der Waals surface area contributed by atoms with Crippen molar-refractivity contribution in [2.75, 3.05) is 0 Å². The number of hydrogen-bond donors (Lipinski definition) is 0. The van der Waals surface area contributed by atoms with E-state index in [0.29, 0.717) is 17.5 Å². The van der Waals surface area contributed by atoms with Crippen molar-refractivity contribution in [3.05, 3.63) is 212 Å². The van der Waals surface area contributed by atoms with Crippen LogP contribution in [0.1, 0.15) is 0 Å². The van der Waals surface area contributed by atoms with Crippen LogP contribution in [0.3, 0.4) is 0 Å². The Morgan fingerprint density at radius 3 is 1.73 bits per heavy atom. The van der Waals surface area contributed by atoms with Gasteiger partial charge in [0.05, 0.1) is 27.8 Å². The van der Waals surface area contributed by atoms with E-state index in [9.17, 15) is 0 Å². The molecule has 3 aromatic heterocycles. The van der Waals surface area contributed by atoms with Crippen LogP contribution in [0.25, 0.3) is 121 Å². The minimum absolute atomic E-state index is 0.631.